The average molecular weight is 571 g/mol. The third-order valence-electron chi connectivity index (χ3n) is 6.38. The molecule has 0 atom stereocenters. The largest absolute Gasteiger partial charge is 0.423 e. The predicted octanol–water partition coefficient (Wildman–Crippen LogP) is 5.71. The first-order valence-electron chi connectivity index (χ1n) is 13.3. The number of nitrogens with zero attached hydrogens (tertiary/aromatic N) is 1. The molecule has 0 spiro atoms. The van der Waals surface area contributed by atoms with Gasteiger partial charge in [-0.15, -0.1) is 0 Å². The van der Waals surface area contributed by atoms with Crippen LogP contribution in [0.25, 0.3) is 10.8 Å². The van der Waals surface area contributed by atoms with Crippen LogP contribution in [0.1, 0.15) is 31.8 Å². The van der Waals surface area contributed by atoms with E-state index < -0.39 is 23.7 Å². The normalized spacial score (nSPS) is 10.7. The molecular weight excluding hydrogens is 544 g/mol. The molecule has 9 nitrogen and oxygen atoms in total. The summed E-state index contributed by atoms with van der Waals surface area (Å²) in [6.45, 7) is 1.91. The minimum absolute atomic E-state index is 0.172. The van der Waals surface area contributed by atoms with Crippen LogP contribution < -0.4 is 20.8 Å². The number of rotatable bonds is 7. The second kappa shape index (κ2) is 13.0. The molecule has 3 amide bonds. The van der Waals surface area contributed by atoms with Gasteiger partial charge in [-0.3, -0.25) is 14.4 Å². The third-order valence-corrected chi connectivity index (χ3v) is 6.38. The predicted molar refractivity (Wildman–Crippen MR) is 165 cm³/mol. The highest BCUT2D eigenvalue weighted by Gasteiger charge is 2.18. The molecule has 0 fully saturated rings. The fourth-order valence-electron chi connectivity index (χ4n) is 4.29. The Balaban J connectivity index is 1.15. The molecule has 0 saturated carbocycles. The summed E-state index contributed by atoms with van der Waals surface area (Å²) in [5, 5.41) is 10.8. The van der Waals surface area contributed by atoms with Gasteiger partial charge in [0.2, 0.25) is 0 Å². The molecule has 212 valence electrons. The lowest BCUT2D eigenvalue weighted by Crippen LogP contribution is -2.33. The Labute approximate surface area is 247 Å². The summed E-state index contributed by atoms with van der Waals surface area (Å²) in [5.41, 5.74) is 5.16. The van der Waals surface area contributed by atoms with Gasteiger partial charge in [-0.25, -0.2) is 10.2 Å². The van der Waals surface area contributed by atoms with Crippen molar-refractivity contribution in [1.82, 2.24) is 5.43 Å². The van der Waals surface area contributed by atoms with E-state index in [0.717, 1.165) is 16.3 Å². The van der Waals surface area contributed by atoms with E-state index in [1.54, 1.807) is 60.7 Å². The zero-order valence-electron chi connectivity index (χ0n) is 23.0. The molecule has 0 aliphatic carbocycles. The van der Waals surface area contributed by atoms with Gasteiger partial charge in [-0.1, -0.05) is 60.7 Å². The Hall–Kier alpha value is -6.09. The molecule has 3 N–H and O–H groups in total. The molecule has 0 aliphatic heterocycles. The van der Waals surface area contributed by atoms with Crippen molar-refractivity contribution in [3.8, 4) is 5.75 Å². The number of carbonyl (C=O) groups is 4. The fraction of sp³-hybridized carbons (Fsp3) is 0.0294. The smallest absolute Gasteiger partial charge is 0.344 e. The minimum atomic E-state index is -1.02. The van der Waals surface area contributed by atoms with Crippen molar-refractivity contribution >= 4 is 52.1 Å². The number of hydrogen-bond acceptors (Lipinski definition) is 6. The van der Waals surface area contributed by atoms with Crippen LogP contribution in [-0.2, 0) is 9.59 Å². The van der Waals surface area contributed by atoms with Crippen LogP contribution in [0, 0.1) is 6.92 Å². The first-order chi connectivity index (χ1) is 20.9. The van der Waals surface area contributed by atoms with Gasteiger partial charge in [-0.05, 0) is 83.4 Å². The van der Waals surface area contributed by atoms with Gasteiger partial charge in [0.15, 0.2) is 0 Å². The highest BCUT2D eigenvalue weighted by molar-refractivity contribution is 6.40. The van der Waals surface area contributed by atoms with Crippen molar-refractivity contribution in [1.29, 1.82) is 0 Å². The van der Waals surface area contributed by atoms with E-state index in [9.17, 15) is 19.2 Å². The number of ether oxygens (including phenoxy) is 1. The van der Waals surface area contributed by atoms with E-state index in [1.165, 1.54) is 12.3 Å². The summed E-state index contributed by atoms with van der Waals surface area (Å²) in [6, 6.07) is 33.1. The summed E-state index contributed by atoms with van der Waals surface area (Å²) in [5.74, 6) is -2.60. The van der Waals surface area contributed by atoms with Crippen LogP contribution in [0.4, 0.5) is 11.4 Å². The van der Waals surface area contributed by atoms with E-state index in [1.807, 2.05) is 55.5 Å². The van der Waals surface area contributed by atoms with Crippen molar-refractivity contribution in [2.75, 3.05) is 10.6 Å². The maximum absolute atomic E-state index is 12.8. The molecule has 0 saturated heterocycles. The quantitative estimate of drug-likeness (QED) is 0.0760. The standard InChI is InChI=1S/C34H26N4O5/c1-22-8-6-11-25(20-22)36-31(39)29-13-4-5-15-30(29)37-32(40)33(41)38-35-21-23-16-18-26(19-17-23)43-34(42)28-14-7-10-24-9-2-3-12-27(24)28/h2-21H,1H3,(H,36,39)(H,37,40)(H,38,41)/b35-21+. The van der Waals surface area contributed by atoms with E-state index in [4.69, 9.17) is 4.74 Å². The average Bonchev–Trinajstić information content (AvgIpc) is 3.01. The number of para-hydroxylation sites is 1. The van der Waals surface area contributed by atoms with E-state index in [0.29, 0.717) is 22.6 Å². The van der Waals surface area contributed by atoms with Gasteiger partial charge in [-0.2, -0.15) is 5.10 Å². The van der Waals surface area contributed by atoms with Crippen molar-refractivity contribution < 1.29 is 23.9 Å². The summed E-state index contributed by atoms with van der Waals surface area (Å²) in [7, 11) is 0. The second-order valence-corrected chi connectivity index (χ2v) is 9.51. The molecule has 0 aliphatic rings. The lowest BCUT2D eigenvalue weighted by Gasteiger charge is -2.11. The van der Waals surface area contributed by atoms with Crippen molar-refractivity contribution in [3.05, 3.63) is 138 Å². The Kier molecular flexibility index (Phi) is 8.63. The molecule has 5 rings (SSSR count). The van der Waals surface area contributed by atoms with Crippen molar-refractivity contribution in [2.45, 2.75) is 6.92 Å². The molecule has 0 aromatic heterocycles. The first kappa shape index (κ1) is 28.4. The summed E-state index contributed by atoms with van der Waals surface area (Å²) in [6.07, 6.45) is 1.34. The number of aryl methyl sites for hydroxylation is 1. The highest BCUT2D eigenvalue weighted by Crippen LogP contribution is 2.21. The Morgan fingerprint density at radius 3 is 2.21 bits per heavy atom. The minimum Gasteiger partial charge on any atom is -0.423 e. The number of hydrogen-bond donors (Lipinski definition) is 3. The molecule has 0 radical (unpaired) electrons. The molecule has 5 aromatic carbocycles. The number of carbonyl (C=O) groups excluding carboxylic acids is 4. The van der Waals surface area contributed by atoms with Crippen LogP contribution in [0.5, 0.6) is 5.75 Å². The zero-order valence-corrected chi connectivity index (χ0v) is 23.0. The second-order valence-electron chi connectivity index (χ2n) is 9.51. The van der Waals surface area contributed by atoms with E-state index >= 15 is 0 Å². The van der Waals surface area contributed by atoms with Gasteiger partial charge < -0.3 is 15.4 Å². The Morgan fingerprint density at radius 1 is 0.698 bits per heavy atom. The SMILES string of the molecule is Cc1cccc(NC(=O)c2ccccc2NC(=O)C(=O)N/N=C/c2ccc(OC(=O)c3cccc4ccccc34)cc2)c1. The number of esters is 1. The van der Waals surface area contributed by atoms with Crippen LogP contribution in [0.2, 0.25) is 0 Å². The van der Waals surface area contributed by atoms with Gasteiger partial charge in [0.1, 0.15) is 5.75 Å². The lowest BCUT2D eigenvalue weighted by molar-refractivity contribution is -0.136. The maximum Gasteiger partial charge on any atom is 0.344 e. The van der Waals surface area contributed by atoms with Crippen molar-refractivity contribution in [3.63, 3.8) is 0 Å². The first-order valence-corrected chi connectivity index (χ1v) is 13.3. The Morgan fingerprint density at radius 2 is 1.40 bits per heavy atom. The zero-order chi connectivity index (χ0) is 30.2. The van der Waals surface area contributed by atoms with E-state index in [-0.39, 0.29) is 11.3 Å². The van der Waals surface area contributed by atoms with Crippen LogP contribution in [0.15, 0.2) is 120 Å². The van der Waals surface area contributed by atoms with Crippen LogP contribution >= 0.6 is 0 Å². The number of nitrogens with one attached hydrogen (secondary N) is 3. The molecule has 0 bridgehead atoms. The van der Waals surface area contributed by atoms with Crippen LogP contribution in [0.3, 0.4) is 0 Å². The summed E-state index contributed by atoms with van der Waals surface area (Å²) < 4.78 is 5.52. The molecule has 0 heterocycles. The highest BCUT2D eigenvalue weighted by atomic mass is 16.5. The van der Waals surface area contributed by atoms with Gasteiger partial charge in [0, 0.05) is 5.69 Å². The summed E-state index contributed by atoms with van der Waals surface area (Å²) >= 11 is 0. The van der Waals surface area contributed by atoms with Crippen LogP contribution in [-0.4, -0.2) is 29.9 Å². The van der Waals surface area contributed by atoms with Gasteiger partial charge >= 0.3 is 17.8 Å². The topological polar surface area (TPSA) is 126 Å². The molecule has 9 heteroatoms. The molecule has 5 aromatic rings. The van der Waals surface area contributed by atoms with Crippen molar-refractivity contribution in [2.24, 2.45) is 5.10 Å². The Bertz CT molecular complexity index is 1860. The lowest BCUT2D eigenvalue weighted by atomic mass is 10.0. The monoisotopic (exact) mass is 570 g/mol. The third kappa shape index (κ3) is 7.17. The molecule has 43 heavy (non-hydrogen) atoms. The fourth-order valence-corrected chi connectivity index (χ4v) is 4.29. The number of fused-ring (bicyclic) bond motifs is 1. The van der Waals surface area contributed by atoms with Gasteiger partial charge in [0.25, 0.3) is 5.91 Å². The number of benzene rings is 5. The number of amides is 3. The number of hydrazone groups is 1. The summed E-state index contributed by atoms with van der Waals surface area (Å²) in [4.78, 5) is 50.4. The maximum atomic E-state index is 12.8. The van der Waals surface area contributed by atoms with Gasteiger partial charge in [0.05, 0.1) is 23.0 Å². The van der Waals surface area contributed by atoms with E-state index in [2.05, 4.69) is 21.2 Å². The molecular formula is C34H26N4O5. The molecule has 0 unspecified atom stereocenters. The number of anilines is 2.